The van der Waals surface area contributed by atoms with Crippen molar-refractivity contribution in [2.45, 2.75) is 27.7 Å². The van der Waals surface area contributed by atoms with Gasteiger partial charge in [-0.2, -0.15) is 0 Å². The fraction of sp³-hybridized carbons (Fsp3) is 0.133. The minimum atomic E-state index is 1.24. The summed E-state index contributed by atoms with van der Waals surface area (Å²) in [6.45, 7) is 8.63. The van der Waals surface area contributed by atoms with E-state index in [0.29, 0.717) is 0 Å². The second-order valence-corrected chi connectivity index (χ2v) is 8.22. The Bertz CT molecular complexity index is 1150. The van der Waals surface area contributed by atoms with Crippen molar-refractivity contribution in [3.8, 4) is 33.4 Å². The molecule has 0 aromatic heterocycles. The van der Waals surface area contributed by atoms with Crippen LogP contribution in [0.2, 0.25) is 0 Å². The lowest BCUT2D eigenvalue weighted by Crippen LogP contribution is -1.85. The average molecular weight is 389 g/mol. The van der Waals surface area contributed by atoms with E-state index in [1.54, 1.807) is 0 Å². The molecule has 0 N–H and O–H groups in total. The molecule has 0 saturated carbocycles. The quantitative estimate of drug-likeness (QED) is 0.327. The molecule has 148 valence electrons. The second-order valence-electron chi connectivity index (χ2n) is 8.22. The van der Waals surface area contributed by atoms with Crippen molar-refractivity contribution < 1.29 is 0 Å². The molecule has 0 unspecified atom stereocenters. The van der Waals surface area contributed by atoms with Crippen LogP contribution in [-0.2, 0) is 0 Å². The standard InChI is InChI=1S/C30H28/c1-21(2)23(4)24-9-11-26(12-10-24)28-17-19-30(20-18-28)29-15-13-27(14-16-29)25-7-5-22(3)6-8-25/h5-20H,1-4H3. The molecule has 0 bridgehead atoms. The summed E-state index contributed by atoms with van der Waals surface area (Å²) in [4.78, 5) is 0. The minimum absolute atomic E-state index is 1.24. The Morgan fingerprint density at radius 2 is 0.667 bits per heavy atom. The summed E-state index contributed by atoms with van der Waals surface area (Å²) in [7, 11) is 0. The van der Waals surface area contributed by atoms with E-state index in [1.807, 2.05) is 0 Å². The van der Waals surface area contributed by atoms with E-state index in [1.165, 1.54) is 55.7 Å². The van der Waals surface area contributed by atoms with Gasteiger partial charge in [0.15, 0.2) is 0 Å². The van der Waals surface area contributed by atoms with Gasteiger partial charge in [-0.3, -0.25) is 0 Å². The van der Waals surface area contributed by atoms with Crippen LogP contribution in [0.1, 0.15) is 31.9 Å². The zero-order valence-electron chi connectivity index (χ0n) is 18.2. The minimum Gasteiger partial charge on any atom is -0.0729 e. The molecule has 0 aliphatic carbocycles. The summed E-state index contributed by atoms with van der Waals surface area (Å²) in [5.74, 6) is 0. The van der Waals surface area contributed by atoms with Gasteiger partial charge in [0.2, 0.25) is 0 Å². The lowest BCUT2D eigenvalue weighted by atomic mass is 9.96. The molecule has 0 nitrogen and oxygen atoms in total. The lowest BCUT2D eigenvalue weighted by Gasteiger charge is -2.09. The molecule has 0 atom stereocenters. The molecule has 0 saturated heterocycles. The maximum absolute atomic E-state index is 2.22. The first-order chi connectivity index (χ1) is 14.5. The fourth-order valence-corrected chi connectivity index (χ4v) is 3.66. The summed E-state index contributed by atoms with van der Waals surface area (Å²) in [6.07, 6.45) is 0. The lowest BCUT2D eigenvalue weighted by molar-refractivity contribution is 1.36. The van der Waals surface area contributed by atoms with Gasteiger partial charge < -0.3 is 0 Å². The third-order valence-corrected chi connectivity index (χ3v) is 5.89. The molecule has 0 spiro atoms. The summed E-state index contributed by atoms with van der Waals surface area (Å²) in [5.41, 5.74) is 12.8. The van der Waals surface area contributed by atoms with Crippen LogP contribution in [0.3, 0.4) is 0 Å². The second kappa shape index (κ2) is 8.55. The largest absolute Gasteiger partial charge is 0.0729 e. The van der Waals surface area contributed by atoms with Crippen molar-refractivity contribution in [2.75, 3.05) is 0 Å². The molecule has 4 rings (SSSR count). The molecule has 0 aliphatic rings. The molecule has 0 radical (unpaired) electrons. The van der Waals surface area contributed by atoms with Crippen LogP contribution in [0.5, 0.6) is 0 Å². The van der Waals surface area contributed by atoms with Gasteiger partial charge in [0.1, 0.15) is 0 Å². The van der Waals surface area contributed by atoms with Crippen molar-refractivity contribution >= 4 is 5.57 Å². The number of allylic oxidation sites excluding steroid dienone is 2. The van der Waals surface area contributed by atoms with Gasteiger partial charge in [0.05, 0.1) is 0 Å². The molecule has 0 fully saturated rings. The highest BCUT2D eigenvalue weighted by molar-refractivity contribution is 5.74. The maximum atomic E-state index is 2.22. The van der Waals surface area contributed by atoms with Crippen LogP contribution in [0.25, 0.3) is 39.0 Å². The van der Waals surface area contributed by atoms with Gasteiger partial charge >= 0.3 is 0 Å². The van der Waals surface area contributed by atoms with Crippen LogP contribution in [0.4, 0.5) is 0 Å². The van der Waals surface area contributed by atoms with Crippen LogP contribution in [0.15, 0.2) is 103 Å². The monoisotopic (exact) mass is 388 g/mol. The van der Waals surface area contributed by atoms with E-state index in [-0.39, 0.29) is 0 Å². The van der Waals surface area contributed by atoms with E-state index in [4.69, 9.17) is 0 Å². The molecule has 4 aromatic rings. The number of hydrogen-bond donors (Lipinski definition) is 0. The highest BCUT2D eigenvalue weighted by Crippen LogP contribution is 2.28. The van der Waals surface area contributed by atoms with Gasteiger partial charge in [-0.15, -0.1) is 0 Å². The Morgan fingerprint density at radius 3 is 0.967 bits per heavy atom. The summed E-state index contributed by atoms with van der Waals surface area (Å²) in [5, 5.41) is 0. The van der Waals surface area contributed by atoms with E-state index >= 15 is 0 Å². The van der Waals surface area contributed by atoms with E-state index in [0.717, 1.165) is 0 Å². The molecule has 4 aromatic carbocycles. The Morgan fingerprint density at radius 1 is 0.400 bits per heavy atom. The van der Waals surface area contributed by atoms with Crippen LogP contribution < -0.4 is 0 Å². The highest BCUT2D eigenvalue weighted by Gasteiger charge is 2.04. The van der Waals surface area contributed by atoms with Gasteiger partial charge in [-0.05, 0) is 72.2 Å². The highest BCUT2D eigenvalue weighted by atomic mass is 14.1. The van der Waals surface area contributed by atoms with E-state index < -0.39 is 0 Å². The summed E-state index contributed by atoms with van der Waals surface area (Å²) >= 11 is 0. The SMILES string of the molecule is CC(C)=C(C)c1ccc(-c2ccc(-c3ccc(-c4ccc(C)cc4)cc3)cc2)cc1. The first kappa shape index (κ1) is 19.9. The molecule has 0 amide bonds. The number of benzene rings is 4. The van der Waals surface area contributed by atoms with Crippen LogP contribution in [-0.4, -0.2) is 0 Å². The molecular weight excluding hydrogens is 360 g/mol. The average Bonchev–Trinajstić information content (AvgIpc) is 2.79. The van der Waals surface area contributed by atoms with Crippen molar-refractivity contribution in [2.24, 2.45) is 0 Å². The predicted molar refractivity (Wildman–Crippen MR) is 131 cm³/mol. The number of rotatable bonds is 4. The van der Waals surface area contributed by atoms with Gasteiger partial charge in [-0.1, -0.05) is 108 Å². The normalized spacial score (nSPS) is 10.7. The van der Waals surface area contributed by atoms with Crippen molar-refractivity contribution in [1.29, 1.82) is 0 Å². The third kappa shape index (κ3) is 4.28. The summed E-state index contributed by atoms with van der Waals surface area (Å²) < 4.78 is 0. The molecular formula is C30H28. The molecule has 0 heterocycles. The van der Waals surface area contributed by atoms with Crippen molar-refractivity contribution in [3.05, 3.63) is 114 Å². The van der Waals surface area contributed by atoms with Crippen LogP contribution >= 0.6 is 0 Å². The predicted octanol–water partition coefficient (Wildman–Crippen LogP) is 8.81. The molecule has 0 aliphatic heterocycles. The van der Waals surface area contributed by atoms with Crippen molar-refractivity contribution in [1.82, 2.24) is 0 Å². The zero-order valence-corrected chi connectivity index (χ0v) is 18.2. The topological polar surface area (TPSA) is 0 Å². The van der Waals surface area contributed by atoms with E-state index in [2.05, 4.69) is 125 Å². The van der Waals surface area contributed by atoms with Crippen LogP contribution in [0, 0.1) is 6.92 Å². The Balaban J connectivity index is 1.53. The van der Waals surface area contributed by atoms with Gasteiger partial charge in [0.25, 0.3) is 0 Å². The molecule has 0 heteroatoms. The Hall–Kier alpha value is -3.38. The summed E-state index contributed by atoms with van der Waals surface area (Å²) in [6, 6.07) is 35.2. The number of hydrogen-bond acceptors (Lipinski definition) is 0. The fourth-order valence-electron chi connectivity index (χ4n) is 3.66. The van der Waals surface area contributed by atoms with E-state index in [9.17, 15) is 0 Å². The smallest absolute Gasteiger partial charge is 0.0184 e. The Labute approximate surface area is 180 Å². The van der Waals surface area contributed by atoms with Gasteiger partial charge in [-0.25, -0.2) is 0 Å². The first-order valence-corrected chi connectivity index (χ1v) is 10.5. The van der Waals surface area contributed by atoms with Gasteiger partial charge in [0, 0.05) is 0 Å². The maximum Gasteiger partial charge on any atom is -0.0184 e. The Kier molecular flexibility index (Phi) is 5.68. The zero-order chi connectivity index (χ0) is 21.1. The third-order valence-electron chi connectivity index (χ3n) is 5.89. The van der Waals surface area contributed by atoms with Crippen molar-refractivity contribution in [3.63, 3.8) is 0 Å². The molecule has 30 heavy (non-hydrogen) atoms. The number of aryl methyl sites for hydroxylation is 1. The first-order valence-electron chi connectivity index (χ1n) is 10.5.